The largest absolute Gasteiger partial charge is 0.478 e. The Labute approximate surface area is 156 Å². The number of carbonyl (C=O) groups is 2. The number of carboxylic acid groups (broad SMARTS) is 1. The van der Waals surface area contributed by atoms with Crippen LogP contribution in [0.5, 0.6) is 0 Å². The number of benzene rings is 2. The van der Waals surface area contributed by atoms with E-state index in [4.69, 9.17) is 5.11 Å². The number of aryl methyl sites for hydroxylation is 1. The van der Waals surface area contributed by atoms with Gasteiger partial charge in [-0.2, -0.15) is 0 Å². The van der Waals surface area contributed by atoms with Crippen molar-refractivity contribution >= 4 is 17.6 Å². The highest BCUT2D eigenvalue weighted by molar-refractivity contribution is 5.96. The third kappa shape index (κ3) is 3.97. The molecule has 0 radical (unpaired) electrons. The maximum Gasteiger partial charge on any atom is 0.335 e. The summed E-state index contributed by atoms with van der Waals surface area (Å²) in [6, 6.07) is 11.2. The summed E-state index contributed by atoms with van der Waals surface area (Å²) in [4.78, 5) is 36.0. The quantitative estimate of drug-likeness (QED) is 0.656. The van der Waals surface area contributed by atoms with Crippen LogP contribution in [0.25, 0.3) is 0 Å². The molecule has 0 aliphatic carbocycles. The molecule has 27 heavy (non-hydrogen) atoms. The molecule has 1 N–H and O–H groups in total. The first-order valence-corrected chi connectivity index (χ1v) is 8.74. The predicted octanol–water partition coefficient (Wildman–Crippen LogP) is 3.62. The molecule has 1 fully saturated rings. The van der Waals surface area contributed by atoms with E-state index >= 15 is 0 Å². The van der Waals surface area contributed by atoms with E-state index in [2.05, 4.69) is 0 Å². The van der Waals surface area contributed by atoms with Crippen molar-refractivity contribution in [1.29, 1.82) is 0 Å². The normalized spacial score (nSPS) is 14.8. The molecule has 0 atom stereocenters. The summed E-state index contributed by atoms with van der Waals surface area (Å²) in [7, 11) is 0. The second-order valence-corrected chi connectivity index (χ2v) is 6.75. The van der Waals surface area contributed by atoms with Crippen LogP contribution in [0.4, 0.5) is 5.69 Å². The molecule has 3 rings (SSSR count). The number of aromatic carboxylic acids is 1. The van der Waals surface area contributed by atoms with Crippen molar-refractivity contribution in [3.8, 4) is 0 Å². The van der Waals surface area contributed by atoms with E-state index in [-0.39, 0.29) is 23.1 Å². The number of carbonyl (C=O) groups excluding carboxylic acids is 1. The van der Waals surface area contributed by atoms with Crippen LogP contribution in [0.1, 0.15) is 50.6 Å². The Balaban J connectivity index is 1.68. The van der Waals surface area contributed by atoms with Crippen molar-refractivity contribution in [1.82, 2.24) is 4.90 Å². The Morgan fingerprint density at radius 2 is 1.74 bits per heavy atom. The Kier molecular flexibility index (Phi) is 5.21. The van der Waals surface area contributed by atoms with Crippen molar-refractivity contribution in [2.45, 2.75) is 25.7 Å². The van der Waals surface area contributed by atoms with Crippen molar-refractivity contribution in [3.05, 3.63) is 74.8 Å². The number of carboxylic acids is 1. The smallest absolute Gasteiger partial charge is 0.335 e. The van der Waals surface area contributed by atoms with Gasteiger partial charge < -0.3 is 10.0 Å². The first-order valence-electron chi connectivity index (χ1n) is 8.74. The van der Waals surface area contributed by atoms with Crippen LogP contribution in [-0.2, 0) is 0 Å². The zero-order chi connectivity index (χ0) is 19.6. The summed E-state index contributed by atoms with van der Waals surface area (Å²) in [6.07, 6.45) is 1.54. The summed E-state index contributed by atoms with van der Waals surface area (Å²) < 4.78 is 0. The number of likely N-dealkylation sites (tertiary alicyclic amines) is 1. The van der Waals surface area contributed by atoms with E-state index in [1.807, 2.05) is 12.1 Å². The van der Waals surface area contributed by atoms with Crippen LogP contribution in [0, 0.1) is 17.0 Å². The Bertz CT molecular complexity index is 884. The van der Waals surface area contributed by atoms with Crippen molar-refractivity contribution in [2.75, 3.05) is 13.1 Å². The van der Waals surface area contributed by atoms with E-state index in [0.29, 0.717) is 18.7 Å². The summed E-state index contributed by atoms with van der Waals surface area (Å²) >= 11 is 0. The molecule has 1 saturated heterocycles. The summed E-state index contributed by atoms with van der Waals surface area (Å²) in [5.41, 5.74) is 2.33. The summed E-state index contributed by atoms with van der Waals surface area (Å²) in [5.74, 6) is -0.867. The third-order valence-corrected chi connectivity index (χ3v) is 5.07. The lowest BCUT2D eigenvalue weighted by Crippen LogP contribution is -2.38. The lowest BCUT2D eigenvalue weighted by molar-refractivity contribution is -0.384. The van der Waals surface area contributed by atoms with Crippen LogP contribution >= 0.6 is 0 Å². The van der Waals surface area contributed by atoms with Gasteiger partial charge in [0.15, 0.2) is 0 Å². The molecule has 140 valence electrons. The average molecular weight is 368 g/mol. The van der Waals surface area contributed by atoms with Gasteiger partial charge in [-0.3, -0.25) is 14.9 Å². The number of piperidine rings is 1. The molecular formula is C20H20N2O5. The predicted molar refractivity (Wildman–Crippen MR) is 99.1 cm³/mol. The number of hydrogen-bond donors (Lipinski definition) is 1. The van der Waals surface area contributed by atoms with Gasteiger partial charge in [-0.1, -0.05) is 18.2 Å². The van der Waals surface area contributed by atoms with E-state index in [9.17, 15) is 19.7 Å². The zero-order valence-corrected chi connectivity index (χ0v) is 14.9. The molecule has 2 aromatic carbocycles. The second-order valence-electron chi connectivity index (χ2n) is 6.75. The minimum Gasteiger partial charge on any atom is -0.478 e. The van der Waals surface area contributed by atoms with Gasteiger partial charge in [0.1, 0.15) is 0 Å². The van der Waals surface area contributed by atoms with Gasteiger partial charge in [0, 0.05) is 30.8 Å². The molecule has 1 aliphatic rings. The zero-order valence-electron chi connectivity index (χ0n) is 14.9. The number of nitrogens with zero attached hydrogens (tertiary/aromatic N) is 2. The highest BCUT2D eigenvalue weighted by Gasteiger charge is 2.26. The number of rotatable bonds is 4. The number of nitro benzene ring substituents is 1. The molecule has 7 heteroatoms. The molecule has 0 bridgehead atoms. The summed E-state index contributed by atoms with van der Waals surface area (Å²) in [5, 5.41) is 20.0. The Morgan fingerprint density at radius 3 is 2.30 bits per heavy atom. The Hall–Kier alpha value is -3.22. The maximum atomic E-state index is 12.8. The molecule has 0 aromatic heterocycles. The average Bonchev–Trinajstić information content (AvgIpc) is 2.68. The van der Waals surface area contributed by atoms with E-state index in [1.54, 1.807) is 30.0 Å². The number of non-ortho nitro benzene ring substituents is 1. The minimum atomic E-state index is -0.950. The van der Waals surface area contributed by atoms with Gasteiger partial charge in [0.2, 0.25) is 0 Å². The standard InChI is InChI=1S/C20H20N2O5/c1-13-2-7-17(22(26)27)12-18(13)19(23)21-10-8-15(9-11-21)14-3-5-16(6-4-14)20(24)25/h2-7,12,15H,8-11H2,1H3,(H,24,25). The van der Waals surface area contributed by atoms with Gasteiger partial charge in [0.05, 0.1) is 10.5 Å². The van der Waals surface area contributed by atoms with E-state index in [0.717, 1.165) is 24.0 Å². The second kappa shape index (κ2) is 7.57. The van der Waals surface area contributed by atoms with Crippen LogP contribution in [0.3, 0.4) is 0 Å². The van der Waals surface area contributed by atoms with Gasteiger partial charge in [-0.25, -0.2) is 4.79 Å². The first kappa shape index (κ1) is 18.6. The fourth-order valence-corrected chi connectivity index (χ4v) is 3.44. The van der Waals surface area contributed by atoms with Gasteiger partial charge >= 0.3 is 5.97 Å². The Morgan fingerprint density at radius 1 is 1.11 bits per heavy atom. The lowest BCUT2D eigenvalue weighted by atomic mass is 9.88. The molecule has 1 heterocycles. The first-order chi connectivity index (χ1) is 12.9. The van der Waals surface area contributed by atoms with E-state index in [1.165, 1.54) is 12.1 Å². The van der Waals surface area contributed by atoms with E-state index < -0.39 is 10.9 Å². The number of hydrogen-bond acceptors (Lipinski definition) is 4. The van der Waals surface area contributed by atoms with Crippen molar-refractivity contribution in [2.24, 2.45) is 0 Å². The molecular weight excluding hydrogens is 348 g/mol. The molecule has 0 spiro atoms. The van der Waals surface area contributed by atoms with Crippen molar-refractivity contribution in [3.63, 3.8) is 0 Å². The minimum absolute atomic E-state index is 0.0858. The van der Waals surface area contributed by atoms with Crippen LogP contribution in [-0.4, -0.2) is 39.9 Å². The fraction of sp³-hybridized carbons (Fsp3) is 0.300. The third-order valence-electron chi connectivity index (χ3n) is 5.07. The van der Waals surface area contributed by atoms with Crippen molar-refractivity contribution < 1.29 is 19.6 Å². The molecule has 7 nitrogen and oxygen atoms in total. The molecule has 2 aromatic rings. The summed E-state index contributed by atoms with van der Waals surface area (Å²) in [6.45, 7) is 2.90. The maximum absolute atomic E-state index is 12.8. The van der Waals surface area contributed by atoms with Gasteiger partial charge in [-0.05, 0) is 48.9 Å². The lowest BCUT2D eigenvalue weighted by Gasteiger charge is -2.32. The van der Waals surface area contributed by atoms with Crippen LogP contribution in [0.15, 0.2) is 42.5 Å². The number of nitro groups is 1. The van der Waals surface area contributed by atoms with Gasteiger partial charge in [0.25, 0.3) is 11.6 Å². The molecule has 0 saturated carbocycles. The monoisotopic (exact) mass is 368 g/mol. The number of amides is 1. The fourth-order valence-electron chi connectivity index (χ4n) is 3.44. The van der Waals surface area contributed by atoms with Gasteiger partial charge in [-0.15, -0.1) is 0 Å². The molecule has 1 amide bonds. The molecule has 0 unspecified atom stereocenters. The highest BCUT2D eigenvalue weighted by atomic mass is 16.6. The molecule has 1 aliphatic heterocycles. The highest BCUT2D eigenvalue weighted by Crippen LogP contribution is 2.29. The van der Waals surface area contributed by atoms with Crippen LogP contribution in [0.2, 0.25) is 0 Å². The SMILES string of the molecule is Cc1ccc([N+](=O)[O-])cc1C(=O)N1CCC(c2ccc(C(=O)O)cc2)CC1. The van der Waals surface area contributed by atoms with Crippen LogP contribution < -0.4 is 0 Å². The topological polar surface area (TPSA) is 101 Å².